The average Bonchev–Trinajstić information content (AvgIpc) is 2.81. The summed E-state index contributed by atoms with van der Waals surface area (Å²) >= 11 is 0. The topological polar surface area (TPSA) is 55.3 Å². The van der Waals surface area contributed by atoms with Gasteiger partial charge in [0.05, 0.1) is 19.6 Å². The molecule has 2 heterocycles. The third-order valence-corrected chi connectivity index (χ3v) is 4.08. The number of amides is 1. The van der Waals surface area contributed by atoms with E-state index in [1.165, 1.54) is 18.5 Å². The Hall–Kier alpha value is -2.34. The highest BCUT2D eigenvalue weighted by molar-refractivity contribution is 5.78. The maximum atomic E-state index is 13.3. The molecule has 0 bridgehead atoms. The maximum absolute atomic E-state index is 13.3. The summed E-state index contributed by atoms with van der Waals surface area (Å²) in [6.45, 7) is 2.31. The fourth-order valence-corrected chi connectivity index (χ4v) is 2.90. The number of carbonyl (C=O) groups is 1. The van der Waals surface area contributed by atoms with E-state index in [4.69, 9.17) is 4.74 Å². The van der Waals surface area contributed by atoms with E-state index in [2.05, 4.69) is 9.97 Å². The Morgan fingerprint density at radius 1 is 1.38 bits per heavy atom. The monoisotopic (exact) mass is 329 g/mol. The van der Waals surface area contributed by atoms with E-state index >= 15 is 0 Å². The molecule has 1 saturated heterocycles. The van der Waals surface area contributed by atoms with E-state index < -0.39 is 0 Å². The van der Waals surface area contributed by atoms with Crippen LogP contribution in [0.5, 0.6) is 0 Å². The lowest BCUT2D eigenvalue weighted by Gasteiger charge is -2.23. The largest absolute Gasteiger partial charge is 0.379 e. The van der Waals surface area contributed by atoms with Gasteiger partial charge in [0.1, 0.15) is 12.1 Å². The molecule has 5 nitrogen and oxygen atoms in total. The smallest absolute Gasteiger partial charge is 0.227 e. The second-order valence-electron chi connectivity index (χ2n) is 5.99. The number of aromatic nitrogens is 2. The molecule has 0 radical (unpaired) electrons. The van der Waals surface area contributed by atoms with Crippen LogP contribution in [0, 0.1) is 11.7 Å². The Morgan fingerprint density at radius 3 is 3.08 bits per heavy atom. The van der Waals surface area contributed by atoms with Gasteiger partial charge in [0.2, 0.25) is 5.91 Å². The van der Waals surface area contributed by atoms with Gasteiger partial charge in [-0.05, 0) is 30.2 Å². The van der Waals surface area contributed by atoms with E-state index in [1.54, 1.807) is 18.3 Å². The van der Waals surface area contributed by atoms with Gasteiger partial charge in [0, 0.05) is 30.9 Å². The number of rotatable bonds is 4. The van der Waals surface area contributed by atoms with E-state index in [0.29, 0.717) is 31.9 Å². The van der Waals surface area contributed by atoms with Crippen LogP contribution >= 0.6 is 0 Å². The molecule has 1 amide bonds. The Labute approximate surface area is 140 Å². The molecule has 3 rings (SSSR count). The van der Waals surface area contributed by atoms with Crippen molar-refractivity contribution in [2.45, 2.75) is 12.8 Å². The molecule has 0 unspecified atom stereocenters. The molecule has 1 aromatic heterocycles. The van der Waals surface area contributed by atoms with Gasteiger partial charge in [-0.2, -0.15) is 0 Å². The zero-order chi connectivity index (χ0) is 16.8. The number of hydrogen-bond donors (Lipinski definition) is 0. The van der Waals surface area contributed by atoms with Crippen molar-refractivity contribution >= 4 is 5.91 Å². The zero-order valence-corrected chi connectivity index (χ0v) is 13.4. The molecule has 1 fully saturated rings. The van der Waals surface area contributed by atoms with Crippen LogP contribution in [-0.4, -0.2) is 47.1 Å². The van der Waals surface area contributed by atoms with Crippen LogP contribution < -0.4 is 0 Å². The number of hydrogen-bond acceptors (Lipinski definition) is 4. The first-order chi connectivity index (χ1) is 11.7. The molecule has 0 aliphatic carbocycles. The molecule has 6 heteroatoms. The predicted octanol–water partition coefficient (Wildman–Crippen LogP) is 1.88. The highest BCUT2D eigenvalue weighted by Gasteiger charge is 2.23. The van der Waals surface area contributed by atoms with Crippen molar-refractivity contribution in [1.29, 1.82) is 0 Å². The quantitative estimate of drug-likeness (QED) is 0.859. The molecule has 1 aliphatic heterocycles. The lowest BCUT2D eigenvalue weighted by molar-refractivity contribution is -0.130. The second-order valence-corrected chi connectivity index (χ2v) is 5.99. The summed E-state index contributed by atoms with van der Waals surface area (Å²) in [6, 6.07) is 8.06. The summed E-state index contributed by atoms with van der Waals surface area (Å²) in [7, 11) is 0. The lowest BCUT2D eigenvalue weighted by atomic mass is 10.0. The van der Waals surface area contributed by atoms with Gasteiger partial charge in [-0.3, -0.25) is 4.79 Å². The summed E-state index contributed by atoms with van der Waals surface area (Å²) in [5.41, 5.74) is 1.63. The van der Waals surface area contributed by atoms with Crippen LogP contribution in [0.4, 0.5) is 4.39 Å². The van der Waals surface area contributed by atoms with Crippen LogP contribution in [0.2, 0.25) is 0 Å². The van der Waals surface area contributed by atoms with E-state index in [1.807, 2.05) is 11.0 Å². The number of benzene rings is 1. The van der Waals surface area contributed by atoms with Crippen LogP contribution in [0.25, 0.3) is 0 Å². The van der Waals surface area contributed by atoms with Crippen molar-refractivity contribution in [2.24, 2.45) is 5.92 Å². The van der Waals surface area contributed by atoms with Crippen LogP contribution in [0.15, 0.2) is 42.9 Å². The Bertz CT molecular complexity index is 681. The Morgan fingerprint density at radius 2 is 2.29 bits per heavy atom. The zero-order valence-electron chi connectivity index (χ0n) is 13.4. The summed E-state index contributed by atoms with van der Waals surface area (Å²) in [5, 5.41) is 0. The molecule has 0 spiro atoms. The molecule has 126 valence electrons. The second kappa shape index (κ2) is 7.97. The van der Waals surface area contributed by atoms with E-state index in [9.17, 15) is 9.18 Å². The third-order valence-electron chi connectivity index (χ3n) is 4.08. The summed E-state index contributed by atoms with van der Waals surface area (Å²) in [4.78, 5) is 22.5. The molecular formula is C18H20FN3O2. The molecule has 24 heavy (non-hydrogen) atoms. The SMILES string of the molecule is O=C(Cc1cccc(F)c1)N1CCOC[C@H](Cc2ccncn2)C1. The van der Waals surface area contributed by atoms with Crippen molar-refractivity contribution in [3.63, 3.8) is 0 Å². The normalized spacial score (nSPS) is 18.2. The van der Waals surface area contributed by atoms with Gasteiger partial charge in [0.15, 0.2) is 0 Å². The number of halogens is 1. The highest BCUT2D eigenvalue weighted by Crippen LogP contribution is 2.14. The van der Waals surface area contributed by atoms with Crippen LogP contribution in [0.3, 0.4) is 0 Å². The Balaban J connectivity index is 1.62. The van der Waals surface area contributed by atoms with Gasteiger partial charge in [-0.1, -0.05) is 12.1 Å². The van der Waals surface area contributed by atoms with Crippen molar-refractivity contribution in [3.05, 3.63) is 59.9 Å². The average molecular weight is 329 g/mol. The van der Waals surface area contributed by atoms with Gasteiger partial charge < -0.3 is 9.64 Å². The number of ether oxygens (including phenoxy) is 1. The molecule has 1 aromatic carbocycles. The molecule has 1 atom stereocenters. The molecule has 0 N–H and O–H groups in total. The summed E-state index contributed by atoms with van der Waals surface area (Å²) in [5.74, 6) is -0.126. The highest BCUT2D eigenvalue weighted by atomic mass is 19.1. The maximum Gasteiger partial charge on any atom is 0.227 e. The van der Waals surface area contributed by atoms with Crippen molar-refractivity contribution in [1.82, 2.24) is 14.9 Å². The first-order valence-corrected chi connectivity index (χ1v) is 8.05. The van der Waals surface area contributed by atoms with Gasteiger partial charge in [-0.25, -0.2) is 14.4 Å². The Kier molecular flexibility index (Phi) is 5.48. The fourth-order valence-electron chi connectivity index (χ4n) is 2.90. The fraction of sp³-hybridized carbons (Fsp3) is 0.389. The molecule has 2 aromatic rings. The van der Waals surface area contributed by atoms with Crippen molar-refractivity contribution < 1.29 is 13.9 Å². The first kappa shape index (κ1) is 16.5. The number of nitrogens with zero attached hydrogens (tertiary/aromatic N) is 3. The first-order valence-electron chi connectivity index (χ1n) is 8.05. The van der Waals surface area contributed by atoms with Crippen LogP contribution in [0.1, 0.15) is 11.3 Å². The minimum Gasteiger partial charge on any atom is -0.379 e. The summed E-state index contributed by atoms with van der Waals surface area (Å²) < 4.78 is 18.9. The predicted molar refractivity (Wildman–Crippen MR) is 86.7 cm³/mol. The van der Waals surface area contributed by atoms with Gasteiger partial charge in [-0.15, -0.1) is 0 Å². The standard InChI is InChI=1S/C18H20FN3O2/c19-16-3-1-2-14(8-16)10-18(23)22-6-7-24-12-15(11-22)9-17-4-5-20-13-21-17/h1-5,8,13,15H,6-7,9-12H2/t15-/m1/s1. The van der Waals surface area contributed by atoms with E-state index in [0.717, 1.165) is 12.1 Å². The van der Waals surface area contributed by atoms with Crippen molar-refractivity contribution in [2.75, 3.05) is 26.3 Å². The van der Waals surface area contributed by atoms with Crippen LogP contribution in [-0.2, 0) is 22.4 Å². The number of carbonyl (C=O) groups excluding carboxylic acids is 1. The van der Waals surface area contributed by atoms with Gasteiger partial charge >= 0.3 is 0 Å². The van der Waals surface area contributed by atoms with Crippen molar-refractivity contribution in [3.8, 4) is 0 Å². The minimum atomic E-state index is -0.318. The molecule has 1 aliphatic rings. The minimum absolute atomic E-state index is 0.00112. The molecular weight excluding hydrogens is 309 g/mol. The summed E-state index contributed by atoms with van der Waals surface area (Å²) in [6.07, 6.45) is 4.19. The van der Waals surface area contributed by atoms with E-state index in [-0.39, 0.29) is 24.1 Å². The third kappa shape index (κ3) is 4.58. The van der Waals surface area contributed by atoms with Gasteiger partial charge in [0.25, 0.3) is 0 Å². The molecule has 0 saturated carbocycles. The lowest BCUT2D eigenvalue weighted by Crippen LogP contribution is -2.37.